The molecule has 5 heteroatoms. The van der Waals surface area contributed by atoms with Crippen LogP contribution in [0.15, 0.2) is 30.3 Å². The summed E-state index contributed by atoms with van der Waals surface area (Å²) in [6.07, 6.45) is 0. The molecule has 0 aliphatic carbocycles. The van der Waals surface area contributed by atoms with E-state index in [2.05, 4.69) is 23.3 Å². The van der Waals surface area contributed by atoms with Gasteiger partial charge < -0.3 is 10.1 Å². The van der Waals surface area contributed by atoms with Crippen LogP contribution < -0.4 is 10.1 Å². The fourth-order valence-electron chi connectivity index (χ4n) is 2.84. The number of nitrogens with zero attached hydrogens (tertiary/aromatic N) is 1. The average Bonchev–Trinajstić information content (AvgIpc) is 2.90. The van der Waals surface area contributed by atoms with Gasteiger partial charge in [-0.2, -0.15) is 0 Å². The number of hydrogen-bond acceptors (Lipinski definition) is 4. The molecule has 3 rings (SSSR count). The van der Waals surface area contributed by atoms with E-state index >= 15 is 0 Å². The van der Waals surface area contributed by atoms with Gasteiger partial charge in [0.1, 0.15) is 10.6 Å². The third kappa shape index (κ3) is 3.82. The second-order valence-electron chi connectivity index (χ2n) is 5.85. The molecule has 0 aliphatic heterocycles. The first-order valence-corrected chi connectivity index (χ1v) is 8.59. The molecule has 0 saturated heterocycles. The van der Waals surface area contributed by atoms with Crippen molar-refractivity contribution in [1.82, 2.24) is 10.3 Å². The molecule has 0 bridgehead atoms. The number of pyridine rings is 1. The van der Waals surface area contributed by atoms with Gasteiger partial charge in [-0.1, -0.05) is 19.6 Å². The molecule has 0 saturated carbocycles. The molecule has 2 heterocycles. The van der Waals surface area contributed by atoms with Crippen molar-refractivity contribution < 1.29 is 9.53 Å². The van der Waals surface area contributed by atoms with Crippen molar-refractivity contribution in [3.63, 3.8) is 0 Å². The average molecular weight is 356 g/mol. The molecule has 0 fully saturated rings. The number of nitrogens with one attached hydrogen (secondary N) is 1. The number of carbonyl (C=O) groups is 1. The molecule has 0 atom stereocenters. The summed E-state index contributed by atoms with van der Waals surface area (Å²) in [5.74, 6) is 0.755. The predicted molar refractivity (Wildman–Crippen MR) is 105 cm³/mol. The Bertz CT molecular complexity index is 898. The summed E-state index contributed by atoms with van der Waals surface area (Å²) in [7, 11) is 1.64. The van der Waals surface area contributed by atoms with Crippen molar-refractivity contribution in [1.29, 1.82) is 0 Å². The lowest BCUT2D eigenvalue weighted by atomic mass is 10.1. The van der Waals surface area contributed by atoms with Crippen molar-refractivity contribution in [2.24, 2.45) is 0 Å². The van der Waals surface area contributed by atoms with E-state index in [1.807, 2.05) is 38.1 Å². The normalized spacial score (nSPS) is 10.4. The summed E-state index contributed by atoms with van der Waals surface area (Å²) in [4.78, 5) is 18.8. The van der Waals surface area contributed by atoms with Gasteiger partial charge in [0.25, 0.3) is 5.91 Å². The first-order valence-electron chi connectivity index (χ1n) is 7.78. The van der Waals surface area contributed by atoms with E-state index < -0.39 is 0 Å². The summed E-state index contributed by atoms with van der Waals surface area (Å²) < 4.78 is 5.14. The van der Waals surface area contributed by atoms with Crippen LogP contribution in [-0.2, 0) is 6.54 Å². The maximum absolute atomic E-state index is 12.6. The quantitative estimate of drug-likeness (QED) is 0.731. The van der Waals surface area contributed by atoms with Crippen molar-refractivity contribution in [3.8, 4) is 5.75 Å². The molecule has 4 nitrogen and oxygen atoms in total. The SMILES string of the molecule is C.COc1ccc(CNC(=O)c2sc3nc(C)cc(C)c3c2C)cc1. The first-order chi connectivity index (χ1) is 11.5. The minimum absolute atomic E-state index is 0. The molecule has 2 aromatic heterocycles. The number of carbonyl (C=O) groups excluding carboxylic acids is 1. The number of aromatic nitrogens is 1. The lowest BCUT2D eigenvalue weighted by molar-refractivity contribution is 0.0954. The largest absolute Gasteiger partial charge is 0.497 e. The van der Waals surface area contributed by atoms with Crippen LogP contribution in [-0.4, -0.2) is 18.0 Å². The zero-order chi connectivity index (χ0) is 17.3. The highest BCUT2D eigenvalue weighted by Gasteiger charge is 2.17. The summed E-state index contributed by atoms with van der Waals surface area (Å²) in [6.45, 7) is 6.52. The summed E-state index contributed by atoms with van der Waals surface area (Å²) in [6, 6.07) is 9.74. The van der Waals surface area contributed by atoms with Crippen molar-refractivity contribution >= 4 is 27.5 Å². The second kappa shape index (κ2) is 7.66. The van der Waals surface area contributed by atoms with Crippen LogP contribution in [0.25, 0.3) is 10.2 Å². The summed E-state index contributed by atoms with van der Waals surface area (Å²) >= 11 is 1.46. The van der Waals surface area contributed by atoms with Gasteiger partial charge in [0.05, 0.1) is 12.0 Å². The number of ether oxygens (including phenoxy) is 1. The number of benzene rings is 1. The molecule has 1 aromatic carbocycles. The number of fused-ring (bicyclic) bond motifs is 1. The molecule has 1 N–H and O–H groups in total. The van der Waals surface area contributed by atoms with Gasteiger partial charge >= 0.3 is 0 Å². The lowest BCUT2D eigenvalue weighted by Crippen LogP contribution is -2.22. The summed E-state index contributed by atoms with van der Waals surface area (Å²) in [5, 5.41) is 4.09. The number of aryl methyl sites for hydroxylation is 3. The van der Waals surface area contributed by atoms with Crippen LogP contribution in [0.2, 0.25) is 0 Å². The van der Waals surface area contributed by atoms with Gasteiger partial charge in [0, 0.05) is 17.6 Å². The van der Waals surface area contributed by atoms with E-state index in [0.29, 0.717) is 6.54 Å². The lowest BCUT2D eigenvalue weighted by Gasteiger charge is -2.06. The van der Waals surface area contributed by atoms with E-state index in [-0.39, 0.29) is 13.3 Å². The van der Waals surface area contributed by atoms with E-state index in [1.165, 1.54) is 16.9 Å². The van der Waals surface area contributed by atoms with E-state index in [0.717, 1.165) is 37.7 Å². The van der Waals surface area contributed by atoms with Crippen LogP contribution in [0.4, 0.5) is 0 Å². The Hall–Kier alpha value is -2.40. The smallest absolute Gasteiger partial charge is 0.261 e. The van der Waals surface area contributed by atoms with Crippen molar-refractivity contribution in [3.05, 3.63) is 57.6 Å². The minimum Gasteiger partial charge on any atom is -0.497 e. The fourth-order valence-corrected chi connectivity index (χ4v) is 4.06. The van der Waals surface area contributed by atoms with Gasteiger partial charge in [-0.25, -0.2) is 4.98 Å². The van der Waals surface area contributed by atoms with Gasteiger partial charge in [-0.05, 0) is 55.7 Å². The Morgan fingerprint density at radius 1 is 1.20 bits per heavy atom. The molecule has 0 unspecified atom stereocenters. The highest BCUT2D eigenvalue weighted by Crippen LogP contribution is 2.32. The van der Waals surface area contributed by atoms with Gasteiger partial charge in [0.2, 0.25) is 0 Å². The van der Waals surface area contributed by atoms with Crippen LogP contribution in [0.5, 0.6) is 5.75 Å². The van der Waals surface area contributed by atoms with E-state index in [9.17, 15) is 4.79 Å². The van der Waals surface area contributed by atoms with Crippen molar-refractivity contribution in [2.45, 2.75) is 34.7 Å². The molecule has 0 aliphatic rings. The molecule has 0 radical (unpaired) electrons. The molecule has 25 heavy (non-hydrogen) atoms. The Morgan fingerprint density at radius 3 is 2.52 bits per heavy atom. The number of rotatable bonds is 4. The predicted octanol–water partition coefficient (Wildman–Crippen LogP) is 4.80. The van der Waals surface area contributed by atoms with E-state index in [1.54, 1.807) is 7.11 Å². The molecule has 3 aromatic rings. The van der Waals surface area contributed by atoms with Crippen molar-refractivity contribution in [2.75, 3.05) is 7.11 Å². The second-order valence-corrected chi connectivity index (χ2v) is 6.85. The fraction of sp³-hybridized carbons (Fsp3) is 0.300. The van der Waals surface area contributed by atoms with Crippen LogP contribution in [0.1, 0.15) is 39.5 Å². The Kier molecular flexibility index (Phi) is 5.80. The van der Waals surface area contributed by atoms with Gasteiger partial charge in [0.15, 0.2) is 0 Å². The maximum atomic E-state index is 12.6. The summed E-state index contributed by atoms with van der Waals surface area (Å²) in [5.41, 5.74) is 4.19. The molecule has 1 amide bonds. The minimum atomic E-state index is -0.0524. The molecular formula is C20H24N2O2S. The molecule has 0 spiro atoms. The number of amides is 1. The third-order valence-electron chi connectivity index (χ3n) is 4.04. The Labute approximate surface area is 152 Å². The van der Waals surface area contributed by atoms with E-state index in [4.69, 9.17) is 4.74 Å². The monoisotopic (exact) mass is 356 g/mol. The van der Waals surface area contributed by atoms with Gasteiger partial charge in [-0.3, -0.25) is 4.79 Å². The number of thiophene rings is 1. The molecule has 132 valence electrons. The first kappa shape index (κ1) is 18.9. The Morgan fingerprint density at radius 2 is 1.88 bits per heavy atom. The van der Waals surface area contributed by atoms with Gasteiger partial charge in [-0.15, -0.1) is 11.3 Å². The number of methoxy groups -OCH3 is 1. The molecular weight excluding hydrogens is 332 g/mol. The van der Waals surface area contributed by atoms with Crippen LogP contribution in [0, 0.1) is 20.8 Å². The number of hydrogen-bond donors (Lipinski definition) is 1. The topological polar surface area (TPSA) is 51.2 Å². The zero-order valence-corrected chi connectivity index (χ0v) is 15.1. The standard InChI is InChI=1S/C19H20N2O2S.CH4/c1-11-9-12(2)21-19-16(11)13(3)17(24-19)18(22)20-10-14-5-7-15(23-4)8-6-14;/h5-9H,10H2,1-4H3,(H,20,22);1H4. The van der Waals surface area contributed by atoms with Crippen LogP contribution in [0.3, 0.4) is 0 Å². The highest BCUT2D eigenvalue weighted by molar-refractivity contribution is 7.20. The van der Waals surface area contributed by atoms with Crippen LogP contribution >= 0.6 is 11.3 Å². The maximum Gasteiger partial charge on any atom is 0.261 e. The third-order valence-corrected chi connectivity index (χ3v) is 5.23. The Balaban J connectivity index is 0.00000225. The highest BCUT2D eigenvalue weighted by atomic mass is 32.1. The zero-order valence-electron chi connectivity index (χ0n) is 14.3.